The second-order valence-electron chi connectivity index (χ2n) is 5.49. The van der Waals surface area contributed by atoms with Gasteiger partial charge in [-0.2, -0.15) is 13.2 Å². The SMILES string of the molecule is Cl.NCC1CCCC1NC(=O)c1ccc(C(F)(F)F)cc1[N+](=O)[O-]. The average Bonchev–Trinajstić information content (AvgIpc) is 2.92. The van der Waals surface area contributed by atoms with Crippen molar-refractivity contribution in [2.75, 3.05) is 6.54 Å². The Balaban J connectivity index is 0.00000288. The summed E-state index contributed by atoms with van der Waals surface area (Å²) in [5.41, 5.74) is 3.19. The summed E-state index contributed by atoms with van der Waals surface area (Å²) in [6.07, 6.45) is -2.30. The van der Waals surface area contributed by atoms with Gasteiger partial charge in [-0.15, -0.1) is 12.4 Å². The Morgan fingerprint density at radius 1 is 1.38 bits per heavy atom. The van der Waals surface area contributed by atoms with Crippen LogP contribution in [0.25, 0.3) is 0 Å². The van der Waals surface area contributed by atoms with Gasteiger partial charge < -0.3 is 11.1 Å². The van der Waals surface area contributed by atoms with E-state index in [4.69, 9.17) is 5.73 Å². The molecule has 0 spiro atoms. The molecule has 1 saturated carbocycles. The van der Waals surface area contributed by atoms with Gasteiger partial charge in [-0.1, -0.05) is 6.42 Å². The Hall–Kier alpha value is -1.87. The molecular formula is C14H17ClF3N3O3. The van der Waals surface area contributed by atoms with E-state index in [9.17, 15) is 28.1 Å². The van der Waals surface area contributed by atoms with Crippen LogP contribution in [-0.4, -0.2) is 23.4 Å². The van der Waals surface area contributed by atoms with Crippen LogP contribution in [-0.2, 0) is 6.18 Å². The number of carbonyl (C=O) groups excluding carboxylic acids is 1. The summed E-state index contributed by atoms with van der Waals surface area (Å²) < 4.78 is 38.0. The number of hydrogen-bond donors (Lipinski definition) is 2. The molecule has 1 aliphatic rings. The molecule has 2 unspecified atom stereocenters. The van der Waals surface area contributed by atoms with Crippen molar-refractivity contribution < 1.29 is 22.9 Å². The molecule has 134 valence electrons. The van der Waals surface area contributed by atoms with Crippen molar-refractivity contribution in [3.05, 3.63) is 39.4 Å². The van der Waals surface area contributed by atoms with Crippen molar-refractivity contribution in [3.8, 4) is 0 Å². The van der Waals surface area contributed by atoms with Gasteiger partial charge in [-0.25, -0.2) is 0 Å². The van der Waals surface area contributed by atoms with Crippen LogP contribution >= 0.6 is 12.4 Å². The summed E-state index contributed by atoms with van der Waals surface area (Å²) in [6, 6.07) is 1.67. The zero-order chi connectivity index (χ0) is 17.2. The smallest absolute Gasteiger partial charge is 0.349 e. The normalized spacial score (nSPS) is 20.3. The highest BCUT2D eigenvalue weighted by Gasteiger charge is 2.35. The minimum atomic E-state index is -4.71. The number of nitrogens with two attached hydrogens (primary N) is 1. The van der Waals surface area contributed by atoms with E-state index in [0.717, 1.165) is 18.9 Å². The van der Waals surface area contributed by atoms with Gasteiger partial charge in [-0.05, 0) is 37.4 Å². The van der Waals surface area contributed by atoms with E-state index in [0.29, 0.717) is 25.1 Å². The van der Waals surface area contributed by atoms with Gasteiger partial charge in [-0.3, -0.25) is 14.9 Å². The number of hydrogen-bond acceptors (Lipinski definition) is 4. The molecule has 1 amide bonds. The second-order valence-corrected chi connectivity index (χ2v) is 5.49. The number of nitro groups is 1. The molecule has 2 atom stereocenters. The third kappa shape index (κ3) is 4.35. The van der Waals surface area contributed by atoms with Crippen molar-refractivity contribution in [2.24, 2.45) is 11.7 Å². The van der Waals surface area contributed by atoms with Gasteiger partial charge in [0.1, 0.15) is 5.56 Å². The molecule has 10 heteroatoms. The van der Waals surface area contributed by atoms with Crippen LogP contribution in [0.15, 0.2) is 18.2 Å². The van der Waals surface area contributed by atoms with Crippen LogP contribution in [0.5, 0.6) is 0 Å². The first kappa shape index (κ1) is 20.2. The maximum atomic E-state index is 12.7. The minimum Gasteiger partial charge on any atom is -0.349 e. The van der Waals surface area contributed by atoms with E-state index in [2.05, 4.69) is 5.32 Å². The number of nitro benzene ring substituents is 1. The Labute approximate surface area is 142 Å². The minimum absolute atomic E-state index is 0. The Kier molecular flexibility index (Phi) is 6.56. The van der Waals surface area contributed by atoms with Crippen molar-refractivity contribution in [2.45, 2.75) is 31.5 Å². The largest absolute Gasteiger partial charge is 0.416 e. The number of amides is 1. The van der Waals surface area contributed by atoms with Crippen LogP contribution in [0.3, 0.4) is 0 Å². The molecule has 0 bridgehead atoms. The number of carbonyl (C=O) groups is 1. The Bertz CT molecular complexity index is 625. The topological polar surface area (TPSA) is 98.3 Å². The Morgan fingerprint density at radius 2 is 2.04 bits per heavy atom. The second kappa shape index (κ2) is 7.80. The lowest BCUT2D eigenvalue weighted by atomic mass is 10.0. The molecule has 1 aliphatic carbocycles. The fraction of sp³-hybridized carbons (Fsp3) is 0.500. The number of nitrogens with one attached hydrogen (secondary N) is 1. The number of benzene rings is 1. The molecule has 0 heterocycles. The standard InChI is InChI=1S/C14H16F3N3O3.ClH/c15-14(16,17)9-4-5-10(12(6-9)20(22)23)13(21)19-11-3-1-2-8(11)7-18;/h4-6,8,11H,1-3,7,18H2,(H,19,21);1H. The van der Waals surface area contributed by atoms with Gasteiger partial charge >= 0.3 is 6.18 Å². The summed E-state index contributed by atoms with van der Waals surface area (Å²) in [4.78, 5) is 22.2. The van der Waals surface area contributed by atoms with Crippen molar-refractivity contribution in [3.63, 3.8) is 0 Å². The lowest BCUT2D eigenvalue weighted by Crippen LogP contribution is -2.40. The molecule has 1 aromatic carbocycles. The molecule has 1 fully saturated rings. The number of alkyl halides is 3. The molecule has 3 N–H and O–H groups in total. The van der Waals surface area contributed by atoms with Crippen molar-refractivity contribution in [1.82, 2.24) is 5.32 Å². The number of rotatable bonds is 4. The van der Waals surface area contributed by atoms with E-state index in [-0.39, 0.29) is 29.9 Å². The molecule has 0 aromatic heterocycles. The van der Waals surface area contributed by atoms with E-state index >= 15 is 0 Å². The maximum Gasteiger partial charge on any atom is 0.416 e. The molecule has 6 nitrogen and oxygen atoms in total. The van der Waals surface area contributed by atoms with Crippen LogP contribution in [0.1, 0.15) is 35.2 Å². The fourth-order valence-corrected chi connectivity index (χ4v) is 2.81. The molecular weight excluding hydrogens is 351 g/mol. The maximum absolute atomic E-state index is 12.7. The molecule has 1 aromatic rings. The zero-order valence-electron chi connectivity index (χ0n) is 12.5. The molecule has 24 heavy (non-hydrogen) atoms. The van der Waals surface area contributed by atoms with Gasteiger partial charge in [0.05, 0.1) is 10.5 Å². The van der Waals surface area contributed by atoms with Crippen LogP contribution < -0.4 is 11.1 Å². The molecule has 2 rings (SSSR count). The summed E-state index contributed by atoms with van der Waals surface area (Å²) in [6.45, 7) is 0.375. The highest BCUT2D eigenvalue weighted by atomic mass is 35.5. The molecule has 0 radical (unpaired) electrons. The van der Waals surface area contributed by atoms with Crippen molar-refractivity contribution in [1.29, 1.82) is 0 Å². The van der Waals surface area contributed by atoms with Gasteiger partial charge in [0.2, 0.25) is 0 Å². The Morgan fingerprint density at radius 3 is 2.58 bits per heavy atom. The average molecular weight is 368 g/mol. The zero-order valence-corrected chi connectivity index (χ0v) is 13.3. The molecule has 0 saturated heterocycles. The first-order valence-corrected chi connectivity index (χ1v) is 7.10. The number of nitrogens with zero attached hydrogens (tertiary/aromatic N) is 1. The molecule has 0 aliphatic heterocycles. The lowest BCUT2D eigenvalue weighted by Gasteiger charge is -2.19. The summed E-state index contributed by atoms with van der Waals surface area (Å²) in [7, 11) is 0. The summed E-state index contributed by atoms with van der Waals surface area (Å²) >= 11 is 0. The highest BCUT2D eigenvalue weighted by Crippen LogP contribution is 2.33. The van der Waals surface area contributed by atoms with Crippen LogP contribution in [0, 0.1) is 16.0 Å². The van der Waals surface area contributed by atoms with E-state index in [1.54, 1.807) is 0 Å². The van der Waals surface area contributed by atoms with Crippen molar-refractivity contribution >= 4 is 24.0 Å². The quantitative estimate of drug-likeness (QED) is 0.631. The van der Waals surface area contributed by atoms with Gasteiger partial charge in [0.15, 0.2) is 0 Å². The number of halogens is 4. The van der Waals surface area contributed by atoms with E-state index in [1.807, 2.05) is 0 Å². The predicted octanol–water partition coefficient (Wildman–Crippen LogP) is 2.89. The van der Waals surface area contributed by atoms with Gasteiger partial charge in [0, 0.05) is 12.1 Å². The monoisotopic (exact) mass is 367 g/mol. The summed E-state index contributed by atoms with van der Waals surface area (Å²) in [5, 5.41) is 13.6. The van der Waals surface area contributed by atoms with Crippen LogP contribution in [0.4, 0.5) is 18.9 Å². The summed E-state index contributed by atoms with van der Waals surface area (Å²) in [5.74, 6) is -0.678. The highest BCUT2D eigenvalue weighted by molar-refractivity contribution is 5.98. The first-order valence-electron chi connectivity index (χ1n) is 7.10. The fourth-order valence-electron chi connectivity index (χ4n) is 2.81. The first-order chi connectivity index (χ1) is 10.7. The van der Waals surface area contributed by atoms with E-state index < -0.39 is 28.3 Å². The third-order valence-corrected chi connectivity index (χ3v) is 4.04. The lowest BCUT2D eigenvalue weighted by molar-refractivity contribution is -0.385. The van der Waals surface area contributed by atoms with E-state index in [1.165, 1.54) is 0 Å². The van der Waals surface area contributed by atoms with Crippen LogP contribution in [0.2, 0.25) is 0 Å². The van der Waals surface area contributed by atoms with Gasteiger partial charge in [0.25, 0.3) is 11.6 Å². The third-order valence-electron chi connectivity index (χ3n) is 4.04. The predicted molar refractivity (Wildman–Crippen MR) is 83.0 cm³/mol.